The number of nitro benzene ring substituents is 2. The number of aryl methyl sites for hydroxylation is 1. The van der Waals surface area contributed by atoms with Gasteiger partial charge in [0.15, 0.2) is 0 Å². The zero-order valence-corrected chi connectivity index (χ0v) is 19.0. The molecule has 1 aromatic carbocycles. The summed E-state index contributed by atoms with van der Waals surface area (Å²) in [4.78, 5) is 34.7. The van der Waals surface area contributed by atoms with Crippen LogP contribution in [0.1, 0.15) is 89.2 Å². The standard InChI is InChI=1S/C23H34N2O7/c1-3-5-7-9-17-10-11-19(21(25(30)31)20(17)24(28)29)23(22(26)27)14-12-18(13-15-23)32-16-8-6-4-2/h10-11,18H,3-9,12-16H2,1-2H3,(H,26,27). The van der Waals surface area contributed by atoms with Crippen LogP contribution in [-0.2, 0) is 21.4 Å². The molecule has 0 aromatic heterocycles. The molecule has 1 aliphatic rings. The SMILES string of the molecule is CCCCCOC1CCC(C(=O)O)(c2ccc(CCCCC)c([N+](=O)[O-])c2[N+](=O)[O-])CC1. The molecule has 1 N–H and O–H groups in total. The second kappa shape index (κ2) is 11.9. The Labute approximate surface area is 188 Å². The predicted molar refractivity (Wildman–Crippen MR) is 120 cm³/mol. The van der Waals surface area contributed by atoms with Gasteiger partial charge in [0, 0.05) is 12.2 Å². The second-order valence-corrected chi connectivity index (χ2v) is 8.61. The number of carboxylic acid groups (broad SMARTS) is 1. The molecule has 0 bridgehead atoms. The largest absolute Gasteiger partial charge is 0.481 e. The molecule has 1 fully saturated rings. The first kappa shape index (κ1) is 25.7. The summed E-state index contributed by atoms with van der Waals surface area (Å²) in [6.45, 7) is 4.71. The third-order valence-electron chi connectivity index (χ3n) is 6.46. The highest BCUT2D eigenvalue weighted by Crippen LogP contribution is 2.48. The molecule has 178 valence electrons. The minimum Gasteiger partial charge on any atom is -0.481 e. The van der Waals surface area contributed by atoms with Crippen LogP contribution in [0.4, 0.5) is 11.4 Å². The Balaban J connectivity index is 2.40. The van der Waals surface area contributed by atoms with Gasteiger partial charge in [0.25, 0.3) is 0 Å². The van der Waals surface area contributed by atoms with Crippen molar-refractivity contribution in [1.29, 1.82) is 0 Å². The number of unbranched alkanes of at least 4 members (excludes halogenated alkanes) is 4. The molecule has 0 spiro atoms. The molecule has 0 saturated heterocycles. The number of nitrogens with zero attached hydrogens (tertiary/aromatic N) is 2. The zero-order valence-electron chi connectivity index (χ0n) is 19.0. The first-order valence-corrected chi connectivity index (χ1v) is 11.6. The molecule has 0 aliphatic heterocycles. The normalized spacial score (nSPS) is 20.8. The second-order valence-electron chi connectivity index (χ2n) is 8.61. The lowest BCUT2D eigenvalue weighted by atomic mass is 9.67. The Bertz CT molecular complexity index is 817. The van der Waals surface area contributed by atoms with E-state index in [-0.39, 0.29) is 30.1 Å². The van der Waals surface area contributed by atoms with E-state index in [2.05, 4.69) is 6.92 Å². The lowest BCUT2D eigenvalue weighted by molar-refractivity contribution is -0.423. The van der Waals surface area contributed by atoms with Crippen molar-refractivity contribution in [2.75, 3.05) is 6.61 Å². The van der Waals surface area contributed by atoms with Crippen molar-refractivity contribution < 1.29 is 24.5 Å². The Morgan fingerprint density at radius 3 is 2.16 bits per heavy atom. The maximum atomic E-state index is 12.4. The van der Waals surface area contributed by atoms with Gasteiger partial charge in [-0.3, -0.25) is 25.0 Å². The fourth-order valence-corrected chi connectivity index (χ4v) is 4.61. The molecule has 9 heteroatoms. The van der Waals surface area contributed by atoms with Gasteiger partial charge in [0.1, 0.15) is 0 Å². The van der Waals surface area contributed by atoms with Crippen LogP contribution < -0.4 is 0 Å². The molecule has 0 amide bonds. The highest BCUT2D eigenvalue weighted by atomic mass is 16.6. The van der Waals surface area contributed by atoms with Crippen LogP contribution in [0, 0.1) is 20.2 Å². The summed E-state index contributed by atoms with van der Waals surface area (Å²) in [7, 11) is 0. The van der Waals surface area contributed by atoms with Crippen LogP contribution in [-0.4, -0.2) is 33.6 Å². The van der Waals surface area contributed by atoms with E-state index in [0.717, 1.165) is 32.1 Å². The van der Waals surface area contributed by atoms with Crippen LogP contribution in [0.15, 0.2) is 12.1 Å². The van der Waals surface area contributed by atoms with Gasteiger partial charge >= 0.3 is 17.3 Å². The Morgan fingerprint density at radius 2 is 1.62 bits per heavy atom. The molecular formula is C23H34N2O7. The third kappa shape index (κ3) is 5.82. The van der Waals surface area contributed by atoms with Crippen molar-refractivity contribution in [1.82, 2.24) is 0 Å². The van der Waals surface area contributed by atoms with E-state index in [9.17, 15) is 30.1 Å². The first-order valence-electron chi connectivity index (χ1n) is 11.6. The van der Waals surface area contributed by atoms with Crippen molar-refractivity contribution >= 4 is 17.3 Å². The monoisotopic (exact) mass is 450 g/mol. The Kier molecular flexibility index (Phi) is 9.56. The van der Waals surface area contributed by atoms with Gasteiger partial charge in [-0.25, -0.2) is 0 Å². The van der Waals surface area contributed by atoms with E-state index < -0.39 is 32.6 Å². The van der Waals surface area contributed by atoms with Gasteiger partial charge in [-0.2, -0.15) is 0 Å². The van der Waals surface area contributed by atoms with E-state index in [1.807, 2.05) is 6.92 Å². The molecule has 32 heavy (non-hydrogen) atoms. The number of ether oxygens (including phenoxy) is 1. The highest BCUT2D eigenvalue weighted by Gasteiger charge is 2.50. The number of benzene rings is 1. The number of hydrogen-bond donors (Lipinski definition) is 1. The van der Waals surface area contributed by atoms with Crippen LogP contribution in [0.25, 0.3) is 0 Å². The molecule has 0 heterocycles. The molecule has 0 atom stereocenters. The van der Waals surface area contributed by atoms with Gasteiger partial charge < -0.3 is 9.84 Å². The van der Waals surface area contributed by atoms with E-state index in [1.165, 1.54) is 12.1 Å². The van der Waals surface area contributed by atoms with Gasteiger partial charge in [-0.1, -0.05) is 51.7 Å². The number of hydrogen-bond acceptors (Lipinski definition) is 6. The van der Waals surface area contributed by atoms with Crippen molar-refractivity contribution in [3.05, 3.63) is 43.5 Å². The number of aliphatic carboxylic acids is 1. The average molecular weight is 451 g/mol. The predicted octanol–water partition coefficient (Wildman–Crippen LogP) is 5.71. The summed E-state index contributed by atoms with van der Waals surface area (Å²) < 4.78 is 5.87. The van der Waals surface area contributed by atoms with Crippen LogP contribution >= 0.6 is 0 Å². The summed E-state index contributed by atoms with van der Waals surface area (Å²) in [6, 6.07) is 2.94. The minimum absolute atomic E-state index is 0.0645. The number of rotatable bonds is 13. The van der Waals surface area contributed by atoms with Gasteiger partial charge in [-0.15, -0.1) is 0 Å². The molecule has 1 aromatic rings. The summed E-state index contributed by atoms with van der Waals surface area (Å²) in [6.07, 6.45) is 6.96. The van der Waals surface area contributed by atoms with Crippen LogP contribution in [0.3, 0.4) is 0 Å². The van der Waals surface area contributed by atoms with Gasteiger partial charge in [0.05, 0.1) is 26.9 Å². The molecule has 1 aliphatic carbocycles. The third-order valence-corrected chi connectivity index (χ3v) is 6.46. The maximum Gasteiger partial charge on any atom is 0.350 e. The Hall–Kier alpha value is -2.55. The van der Waals surface area contributed by atoms with Crippen molar-refractivity contribution in [2.24, 2.45) is 0 Å². The fourth-order valence-electron chi connectivity index (χ4n) is 4.61. The summed E-state index contributed by atoms with van der Waals surface area (Å²) in [5, 5.41) is 34.0. The number of carboxylic acids is 1. The Morgan fingerprint density at radius 1 is 1.03 bits per heavy atom. The molecule has 0 radical (unpaired) electrons. The molecule has 2 rings (SSSR count). The minimum atomic E-state index is -1.53. The molecule has 1 saturated carbocycles. The molecular weight excluding hydrogens is 416 g/mol. The molecule has 9 nitrogen and oxygen atoms in total. The van der Waals surface area contributed by atoms with Crippen molar-refractivity contribution in [3.8, 4) is 0 Å². The van der Waals surface area contributed by atoms with E-state index in [1.54, 1.807) is 0 Å². The van der Waals surface area contributed by atoms with Crippen LogP contribution in [0.5, 0.6) is 0 Å². The lowest BCUT2D eigenvalue weighted by Crippen LogP contribution is -2.42. The van der Waals surface area contributed by atoms with Crippen molar-refractivity contribution in [3.63, 3.8) is 0 Å². The van der Waals surface area contributed by atoms with Gasteiger partial charge in [-0.05, 0) is 44.9 Å². The fraction of sp³-hybridized carbons (Fsp3) is 0.696. The zero-order chi connectivity index (χ0) is 23.7. The average Bonchev–Trinajstić information content (AvgIpc) is 2.76. The number of carbonyl (C=O) groups is 1. The number of nitro groups is 2. The van der Waals surface area contributed by atoms with E-state index >= 15 is 0 Å². The lowest BCUT2D eigenvalue weighted by Gasteiger charge is -2.36. The maximum absolute atomic E-state index is 12.4. The summed E-state index contributed by atoms with van der Waals surface area (Å²) in [5.41, 5.74) is -2.55. The van der Waals surface area contributed by atoms with E-state index in [4.69, 9.17) is 4.74 Å². The summed E-state index contributed by atoms with van der Waals surface area (Å²) in [5.74, 6) is -1.18. The van der Waals surface area contributed by atoms with E-state index in [0.29, 0.717) is 32.3 Å². The van der Waals surface area contributed by atoms with Gasteiger partial charge in [0.2, 0.25) is 0 Å². The first-order chi connectivity index (χ1) is 15.3. The smallest absolute Gasteiger partial charge is 0.350 e. The summed E-state index contributed by atoms with van der Waals surface area (Å²) >= 11 is 0. The molecule has 0 unspecified atom stereocenters. The van der Waals surface area contributed by atoms with Crippen molar-refractivity contribution in [2.45, 2.75) is 96.0 Å². The topological polar surface area (TPSA) is 133 Å². The highest BCUT2D eigenvalue weighted by molar-refractivity contribution is 5.85. The quantitative estimate of drug-likeness (QED) is 0.231. The van der Waals surface area contributed by atoms with Crippen LogP contribution in [0.2, 0.25) is 0 Å².